The first kappa shape index (κ1) is 17.2. The summed E-state index contributed by atoms with van der Waals surface area (Å²) in [5.74, 6) is -0.396. The molecule has 132 valence electrons. The number of nitrogens with one attached hydrogen (secondary N) is 2. The SMILES string of the molecule is O=C(NC(Cc1ccccc1)C(=O)N1CCC(O)CC1)c1ccc[nH]1. The Bertz CT molecular complexity index is 692. The molecule has 1 fully saturated rings. The van der Waals surface area contributed by atoms with E-state index in [1.165, 1.54) is 0 Å². The number of carbonyl (C=O) groups excluding carboxylic acids is 2. The Morgan fingerprint density at radius 1 is 1.16 bits per heavy atom. The molecular weight excluding hydrogens is 318 g/mol. The number of likely N-dealkylation sites (tertiary alicyclic amines) is 1. The molecule has 1 aromatic heterocycles. The lowest BCUT2D eigenvalue weighted by molar-refractivity contribution is -0.135. The number of hydrogen-bond donors (Lipinski definition) is 3. The van der Waals surface area contributed by atoms with Crippen molar-refractivity contribution < 1.29 is 14.7 Å². The zero-order chi connectivity index (χ0) is 17.6. The molecule has 2 aromatic rings. The van der Waals surface area contributed by atoms with Crippen LogP contribution in [0.3, 0.4) is 0 Å². The molecule has 1 aromatic carbocycles. The summed E-state index contributed by atoms with van der Waals surface area (Å²) in [5, 5.41) is 12.5. The summed E-state index contributed by atoms with van der Waals surface area (Å²) in [6.07, 6.45) is 2.92. The van der Waals surface area contributed by atoms with Crippen molar-refractivity contribution in [2.24, 2.45) is 0 Å². The van der Waals surface area contributed by atoms with Crippen LogP contribution in [-0.4, -0.2) is 52.0 Å². The number of carbonyl (C=O) groups is 2. The predicted octanol–water partition coefficient (Wildman–Crippen LogP) is 1.34. The third kappa shape index (κ3) is 4.48. The van der Waals surface area contributed by atoms with Crippen LogP contribution < -0.4 is 5.32 Å². The van der Waals surface area contributed by atoms with Gasteiger partial charge in [-0.15, -0.1) is 0 Å². The molecule has 0 spiro atoms. The molecule has 1 aliphatic rings. The van der Waals surface area contributed by atoms with Gasteiger partial charge >= 0.3 is 0 Å². The van der Waals surface area contributed by atoms with E-state index in [-0.39, 0.29) is 17.9 Å². The average molecular weight is 341 g/mol. The van der Waals surface area contributed by atoms with E-state index in [1.54, 1.807) is 23.2 Å². The van der Waals surface area contributed by atoms with Crippen molar-refractivity contribution >= 4 is 11.8 Å². The van der Waals surface area contributed by atoms with Crippen molar-refractivity contribution in [3.05, 3.63) is 59.9 Å². The van der Waals surface area contributed by atoms with Crippen molar-refractivity contribution in [3.8, 4) is 0 Å². The van der Waals surface area contributed by atoms with Crippen molar-refractivity contribution in [1.29, 1.82) is 0 Å². The number of hydrogen-bond acceptors (Lipinski definition) is 3. The van der Waals surface area contributed by atoms with E-state index < -0.39 is 6.04 Å². The first-order chi connectivity index (χ1) is 12.1. The third-order valence-corrected chi connectivity index (χ3v) is 4.50. The lowest BCUT2D eigenvalue weighted by Crippen LogP contribution is -2.52. The van der Waals surface area contributed by atoms with Crippen LogP contribution in [0.2, 0.25) is 0 Å². The highest BCUT2D eigenvalue weighted by Gasteiger charge is 2.29. The Balaban J connectivity index is 1.73. The molecule has 1 saturated heterocycles. The number of nitrogens with zero attached hydrogens (tertiary/aromatic N) is 1. The van der Waals surface area contributed by atoms with Crippen LogP contribution in [-0.2, 0) is 11.2 Å². The Hall–Kier alpha value is -2.60. The Kier molecular flexibility index (Phi) is 5.50. The Labute approximate surface area is 146 Å². The van der Waals surface area contributed by atoms with Gasteiger partial charge in [-0.05, 0) is 30.5 Å². The van der Waals surface area contributed by atoms with E-state index in [0.717, 1.165) is 5.56 Å². The van der Waals surface area contributed by atoms with Gasteiger partial charge in [-0.25, -0.2) is 0 Å². The fraction of sp³-hybridized carbons (Fsp3) is 0.368. The number of amides is 2. The van der Waals surface area contributed by atoms with Crippen LogP contribution in [0.1, 0.15) is 28.9 Å². The molecule has 1 unspecified atom stereocenters. The lowest BCUT2D eigenvalue weighted by Gasteiger charge is -2.32. The lowest BCUT2D eigenvalue weighted by atomic mass is 10.0. The zero-order valence-electron chi connectivity index (χ0n) is 14.0. The molecule has 0 saturated carbocycles. The van der Waals surface area contributed by atoms with Crippen LogP contribution in [0.15, 0.2) is 48.7 Å². The van der Waals surface area contributed by atoms with Crippen molar-refractivity contribution in [1.82, 2.24) is 15.2 Å². The van der Waals surface area contributed by atoms with Gasteiger partial charge in [0.2, 0.25) is 5.91 Å². The number of piperidine rings is 1. The van der Waals surface area contributed by atoms with E-state index in [0.29, 0.717) is 38.0 Å². The molecular formula is C19H23N3O3. The van der Waals surface area contributed by atoms with Gasteiger partial charge in [0.05, 0.1) is 6.10 Å². The molecule has 3 rings (SSSR count). The molecule has 1 atom stereocenters. The maximum atomic E-state index is 12.9. The van der Waals surface area contributed by atoms with Gasteiger partial charge in [0.15, 0.2) is 0 Å². The fourth-order valence-corrected chi connectivity index (χ4v) is 3.06. The number of benzene rings is 1. The van der Waals surface area contributed by atoms with Gasteiger partial charge < -0.3 is 20.3 Å². The first-order valence-corrected chi connectivity index (χ1v) is 8.58. The molecule has 1 aliphatic heterocycles. The Morgan fingerprint density at radius 3 is 2.52 bits per heavy atom. The standard InChI is InChI=1S/C19H23N3O3/c23-15-8-11-22(12-9-15)19(25)17(13-14-5-2-1-3-6-14)21-18(24)16-7-4-10-20-16/h1-7,10,15,17,20,23H,8-9,11-13H2,(H,21,24). The van der Waals surface area contributed by atoms with Crippen LogP contribution in [0, 0.1) is 0 Å². The summed E-state index contributed by atoms with van der Waals surface area (Å²) in [6, 6.07) is 12.4. The number of rotatable bonds is 5. The molecule has 6 nitrogen and oxygen atoms in total. The van der Waals surface area contributed by atoms with E-state index in [9.17, 15) is 14.7 Å². The number of aliphatic hydroxyl groups excluding tert-OH is 1. The first-order valence-electron chi connectivity index (χ1n) is 8.58. The van der Waals surface area contributed by atoms with Gasteiger partial charge in [-0.2, -0.15) is 0 Å². The van der Waals surface area contributed by atoms with Crippen LogP contribution >= 0.6 is 0 Å². The predicted molar refractivity (Wildman–Crippen MR) is 94.0 cm³/mol. The average Bonchev–Trinajstić information content (AvgIpc) is 3.17. The second-order valence-corrected chi connectivity index (χ2v) is 6.36. The maximum absolute atomic E-state index is 12.9. The van der Waals surface area contributed by atoms with Crippen LogP contribution in [0.5, 0.6) is 0 Å². The minimum absolute atomic E-state index is 0.101. The molecule has 0 bridgehead atoms. The van der Waals surface area contributed by atoms with Gasteiger partial charge in [0, 0.05) is 25.7 Å². The molecule has 25 heavy (non-hydrogen) atoms. The van der Waals surface area contributed by atoms with Crippen LogP contribution in [0.4, 0.5) is 0 Å². The summed E-state index contributed by atoms with van der Waals surface area (Å²) in [7, 11) is 0. The molecule has 0 aliphatic carbocycles. The van der Waals surface area contributed by atoms with Crippen molar-refractivity contribution in [3.63, 3.8) is 0 Å². The second-order valence-electron chi connectivity index (χ2n) is 6.36. The van der Waals surface area contributed by atoms with Gasteiger partial charge in [-0.1, -0.05) is 30.3 Å². The monoisotopic (exact) mass is 341 g/mol. The largest absolute Gasteiger partial charge is 0.393 e. The smallest absolute Gasteiger partial charge is 0.268 e. The zero-order valence-corrected chi connectivity index (χ0v) is 14.0. The minimum atomic E-state index is -0.631. The topological polar surface area (TPSA) is 85.4 Å². The normalized spacial score (nSPS) is 16.4. The molecule has 0 radical (unpaired) electrons. The second kappa shape index (κ2) is 7.98. The van der Waals surface area contributed by atoms with Crippen molar-refractivity contribution in [2.45, 2.75) is 31.4 Å². The highest BCUT2D eigenvalue weighted by Crippen LogP contribution is 2.13. The maximum Gasteiger partial charge on any atom is 0.268 e. The summed E-state index contributed by atoms with van der Waals surface area (Å²) in [4.78, 5) is 29.9. The van der Waals surface area contributed by atoms with E-state index in [2.05, 4.69) is 10.3 Å². The quantitative estimate of drug-likeness (QED) is 0.767. The van der Waals surface area contributed by atoms with Crippen LogP contribution in [0.25, 0.3) is 0 Å². The van der Waals surface area contributed by atoms with E-state index >= 15 is 0 Å². The summed E-state index contributed by atoms with van der Waals surface area (Å²) in [5.41, 5.74) is 1.42. The fourth-order valence-electron chi connectivity index (χ4n) is 3.06. The molecule has 2 amide bonds. The highest BCUT2D eigenvalue weighted by atomic mass is 16.3. The summed E-state index contributed by atoms with van der Waals surface area (Å²) >= 11 is 0. The highest BCUT2D eigenvalue weighted by molar-refractivity contribution is 5.96. The number of aromatic amines is 1. The summed E-state index contributed by atoms with van der Waals surface area (Å²) in [6.45, 7) is 1.04. The number of H-pyrrole nitrogens is 1. The van der Waals surface area contributed by atoms with Gasteiger partial charge in [0.1, 0.15) is 11.7 Å². The summed E-state index contributed by atoms with van der Waals surface area (Å²) < 4.78 is 0. The molecule has 2 heterocycles. The molecule has 6 heteroatoms. The third-order valence-electron chi connectivity index (χ3n) is 4.50. The molecule has 3 N–H and O–H groups in total. The van der Waals surface area contributed by atoms with E-state index in [1.807, 2.05) is 30.3 Å². The number of aromatic nitrogens is 1. The van der Waals surface area contributed by atoms with Crippen molar-refractivity contribution in [2.75, 3.05) is 13.1 Å². The minimum Gasteiger partial charge on any atom is -0.393 e. The van der Waals surface area contributed by atoms with Gasteiger partial charge in [-0.3, -0.25) is 9.59 Å². The number of aliphatic hydroxyl groups is 1. The Morgan fingerprint density at radius 2 is 1.88 bits per heavy atom. The van der Waals surface area contributed by atoms with Gasteiger partial charge in [0.25, 0.3) is 5.91 Å². The van der Waals surface area contributed by atoms with E-state index in [4.69, 9.17) is 0 Å².